The maximum absolute atomic E-state index is 12.9. The molecular formula is C51H77N5O2. The summed E-state index contributed by atoms with van der Waals surface area (Å²) in [5.74, 6) is 0.874. The van der Waals surface area contributed by atoms with E-state index in [2.05, 4.69) is 138 Å². The van der Waals surface area contributed by atoms with Gasteiger partial charge < -0.3 is 15.4 Å². The lowest BCUT2D eigenvalue weighted by Gasteiger charge is -2.19. The summed E-state index contributed by atoms with van der Waals surface area (Å²) in [5.41, 5.74) is 18.1. The van der Waals surface area contributed by atoms with Crippen LogP contribution in [0, 0.1) is 0 Å². The quantitative estimate of drug-likeness (QED) is 0.0716. The van der Waals surface area contributed by atoms with Crippen molar-refractivity contribution < 1.29 is 9.53 Å². The first kappa shape index (κ1) is 48.1. The first-order valence-corrected chi connectivity index (χ1v) is 22.1. The second kappa shape index (κ2) is 26.7. The number of nitrogens with two attached hydrogens (primary N) is 1. The minimum atomic E-state index is -0.0176. The lowest BCUT2D eigenvalue weighted by atomic mass is 10.0. The summed E-state index contributed by atoms with van der Waals surface area (Å²) in [6.07, 6.45) is 30.4. The van der Waals surface area contributed by atoms with Crippen LogP contribution in [0.1, 0.15) is 162 Å². The maximum atomic E-state index is 12.9. The molecule has 3 rings (SSSR count). The second-order valence-corrected chi connectivity index (χ2v) is 17.0. The fourth-order valence-corrected chi connectivity index (χ4v) is 7.11. The van der Waals surface area contributed by atoms with Crippen LogP contribution < -0.4 is 15.4 Å². The first-order valence-electron chi connectivity index (χ1n) is 22.1. The number of carbonyl (C=O) groups is 1. The number of rotatable bonds is 27. The summed E-state index contributed by atoms with van der Waals surface area (Å²) >= 11 is 0. The second-order valence-electron chi connectivity index (χ2n) is 17.0. The molecule has 2 aromatic rings. The molecule has 2 heterocycles. The zero-order chi connectivity index (χ0) is 42.3. The number of allylic oxidation sites excluding steroid dienone is 12. The van der Waals surface area contributed by atoms with Crippen molar-refractivity contribution in [3.8, 4) is 6.01 Å². The molecule has 0 saturated heterocycles. The predicted molar refractivity (Wildman–Crippen MR) is 248 cm³/mol. The zero-order valence-electron chi connectivity index (χ0n) is 37.9. The van der Waals surface area contributed by atoms with Crippen molar-refractivity contribution in [3.05, 3.63) is 111 Å². The summed E-state index contributed by atoms with van der Waals surface area (Å²) in [7, 11) is 2.19. The van der Waals surface area contributed by atoms with E-state index in [1.165, 1.54) is 51.8 Å². The molecule has 0 spiro atoms. The van der Waals surface area contributed by atoms with Gasteiger partial charge in [-0.15, -0.1) is 0 Å². The van der Waals surface area contributed by atoms with Crippen molar-refractivity contribution in [2.45, 2.75) is 165 Å². The van der Waals surface area contributed by atoms with Crippen molar-refractivity contribution in [1.82, 2.24) is 14.9 Å². The van der Waals surface area contributed by atoms with Gasteiger partial charge in [0.2, 0.25) is 5.91 Å². The first-order chi connectivity index (χ1) is 27.8. The summed E-state index contributed by atoms with van der Waals surface area (Å²) in [6, 6.07) is 8.78. The van der Waals surface area contributed by atoms with Crippen molar-refractivity contribution in [3.63, 3.8) is 0 Å². The van der Waals surface area contributed by atoms with Gasteiger partial charge >= 0.3 is 6.01 Å². The third-order valence-corrected chi connectivity index (χ3v) is 10.9. The average molecular weight is 792 g/mol. The number of hydrogen-bond donors (Lipinski definition) is 1. The Bertz CT molecular complexity index is 1760. The molecule has 318 valence electrons. The highest BCUT2D eigenvalue weighted by atomic mass is 16.5. The number of ether oxygens (including phenoxy) is 1. The average Bonchev–Trinajstić information content (AvgIpc) is 3.48. The van der Waals surface area contributed by atoms with Crippen LogP contribution in [0.5, 0.6) is 6.01 Å². The van der Waals surface area contributed by atoms with E-state index < -0.39 is 0 Å². The van der Waals surface area contributed by atoms with Crippen molar-refractivity contribution >= 4 is 17.5 Å². The van der Waals surface area contributed by atoms with Gasteiger partial charge in [-0.2, -0.15) is 9.97 Å². The highest BCUT2D eigenvalue weighted by Crippen LogP contribution is 2.33. The van der Waals surface area contributed by atoms with E-state index in [0.29, 0.717) is 30.4 Å². The van der Waals surface area contributed by atoms with E-state index in [4.69, 9.17) is 10.5 Å². The molecular weight excluding hydrogens is 715 g/mol. The van der Waals surface area contributed by atoms with Gasteiger partial charge in [0, 0.05) is 12.1 Å². The Kier molecular flexibility index (Phi) is 22.2. The van der Waals surface area contributed by atoms with Gasteiger partial charge in [-0.1, -0.05) is 108 Å². The normalized spacial score (nSPS) is 14.1. The molecule has 1 aliphatic heterocycles. The van der Waals surface area contributed by atoms with E-state index in [1.54, 1.807) is 4.90 Å². The van der Waals surface area contributed by atoms with Gasteiger partial charge in [-0.3, -0.25) is 9.69 Å². The molecule has 1 aromatic heterocycles. The number of fused-ring (bicyclic) bond motifs is 1. The van der Waals surface area contributed by atoms with Crippen molar-refractivity contribution in [1.29, 1.82) is 0 Å². The molecule has 0 bridgehead atoms. The predicted octanol–water partition coefficient (Wildman–Crippen LogP) is 13.1. The Morgan fingerprint density at radius 3 is 1.74 bits per heavy atom. The summed E-state index contributed by atoms with van der Waals surface area (Å²) in [5, 5.41) is 0. The van der Waals surface area contributed by atoms with Gasteiger partial charge in [-0.25, -0.2) is 0 Å². The van der Waals surface area contributed by atoms with Gasteiger partial charge in [0.1, 0.15) is 11.6 Å². The largest absolute Gasteiger partial charge is 0.463 e. The molecule has 0 atom stereocenters. The Balaban J connectivity index is 1.29. The highest BCUT2D eigenvalue weighted by molar-refractivity contribution is 6.01. The molecule has 0 radical (unpaired) electrons. The van der Waals surface area contributed by atoms with Gasteiger partial charge in [0.05, 0.1) is 19.6 Å². The van der Waals surface area contributed by atoms with Crippen LogP contribution in [-0.4, -0.2) is 41.0 Å². The fourth-order valence-electron chi connectivity index (χ4n) is 7.11. The molecule has 1 aliphatic rings. The van der Waals surface area contributed by atoms with Gasteiger partial charge in [0.25, 0.3) is 0 Å². The molecule has 7 heteroatoms. The SMILES string of the molecule is CCCCOc1nc(N)c2c(n1)N(Cc1ccc(CN(C)CCC/C(C)=C/CC/C(C)=C/CC/C(C)=C/CC/C=C(\C)CC/C=C(\C)CCC=C(C)C)cc1)C(=O)C2. The van der Waals surface area contributed by atoms with E-state index in [-0.39, 0.29) is 18.3 Å². The number of aromatic nitrogens is 2. The van der Waals surface area contributed by atoms with Crippen LogP contribution in [0.4, 0.5) is 11.6 Å². The van der Waals surface area contributed by atoms with E-state index >= 15 is 0 Å². The third kappa shape index (κ3) is 19.0. The monoisotopic (exact) mass is 792 g/mol. The van der Waals surface area contributed by atoms with E-state index in [1.807, 2.05) is 0 Å². The van der Waals surface area contributed by atoms with Crippen LogP contribution in [0.15, 0.2) is 94.2 Å². The van der Waals surface area contributed by atoms with Crippen LogP contribution in [0.25, 0.3) is 0 Å². The number of anilines is 2. The summed E-state index contributed by atoms with van der Waals surface area (Å²) < 4.78 is 5.70. The number of unbranched alkanes of at least 4 members (excludes halogenated alkanes) is 2. The van der Waals surface area contributed by atoms with Crippen LogP contribution in [0.2, 0.25) is 0 Å². The minimum Gasteiger partial charge on any atom is -0.463 e. The van der Waals surface area contributed by atoms with Crippen molar-refractivity contribution in [2.75, 3.05) is 30.8 Å². The molecule has 58 heavy (non-hydrogen) atoms. The molecule has 1 amide bonds. The Hall–Kier alpha value is -4.23. The Labute approximate surface area is 353 Å². The lowest BCUT2D eigenvalue weighted by Crippen LogP contribution is -2.26. The van der Waals surface area contributed by atoms with E-state index in [9.17, 15) is 4.79 Å². The maximum Gasteiger partial charge on any atom is 0.320 e. The Morgan fingerprint density at radius 2 is 1.21 bits per heavy atom. The molecule has 2 N–H and O–H groups in total. The topological polar surface area (TPSA) is 84.6 Å². The van der Waals surface area contributed by atoms with Crippen LogP contribution >= 0.6 is 0 Å². The van der Waals surface area contributed by atoms with Gasteiger partial charge in [-0.05, 0) is 157 Å². The zero-order valence-corrected chi connectivity index (χ0v) is 37.9. The fraction of sp³-hybridized carbons (Fsp3) is 0.549. The summed E-state index contributed by atoms with van der Waals surface area (Å²) in [6.45, 7) is 20.8. The number of carbonyl (C=O) groups excluding carboxylic acids is 1. The van der Waals surface area contributed by atoms with E-state index in [0.717, 1.165) is 95.7 Å². The van der Waals surface area contributed by atoms with Crippen LogP contribution in [0.3, 0.4) is 0 Å². The smallest absolute Gasteiger partial charge is 0.320 e. The molecule has 7 nitrogen and oxygen atoms in total. The molecule has 0 fully saturated rings. The number of nitrogen functional groups attached to an aromatic ring is 1. The highest BCUT2D eigenvalue weighted by Gasteiger charge is 2.32. The lowest BCUT2D eigenvalue weighted by molar-refractivity contribution is -0.117. The number of nitrogens with zero attached hydrogens (tertiary/aromatic N) is 4. The number of benzene rings is 1. The Morgan fingerprint density at radius 1 is 0.707 bits per heavy atom. The molecule has 0 saturated carbocycles. The molecule has 0 aliphatic carbocycles. The summed E-state index contributed by atoms with van der Waals surface area (Å²) in [4.78, 5) is 25.8. The van der Waals surface area contributed by atoms with Gasteiger partial charge in [0.15, 0.2) is 0 Å². The standard InChI is InChI=1S/C51H77N5O2/c1-10-11-35-58-51-53-49(52)47-36-48(57)56(50(47)54-51)38-46-32-30-45(31-33-46)37-55(9)34-18-29-44(8)28-17-27-43(7)26-16-24-41(5)21-13-12-20-40(4)23-15-25-42(6)22-14-19-39(2)3/h19-21,25-26,28,30-33H,10-18,22-24,27,29,34-38H2,1-9H3,(H2,52,53,54)/b40-20+,41-21+,42-25+,43-26+,44-28+. The minimum absolute atomic E-state index is 0.0176. The number of amides is 1. The van der Waals surface area contributed by atoms with Crippen molar-refractivity contribution in [2.24, 2.45) is 0 Å². The third-order valence-electron chi connectivity index (χ3n) is 10.9. The molecule has 0 unspecified atom stereocenters. The van der Waals surface area contributed by atoms with Crippen LogP contribution in [-0.2, 0) is 24.3 Å². The molecule has 1 aromatic carbocycles. The number of hydrogen-bond acceptors (Lipinski definition) is 6.